The fourth-order valence-electron chi connectivity index (χ4n) is 3.23. The van der Waals surface area contributed by atoms with Gasteiger partial charge in [0.25, 0.3) is 5.91 Å². The zero-order chi connectivity index (χ0) is 19.2. The van der Waals surface area contributed by atoms with Crippen LogP contribution < -0.4 is 5.32 Å². The van der Waals surface area contributed by atoms with E-state index < -0.39 is 0 Å². The Morgan fingerprint density at radius 1 is 1.33 bits per heavy atom. The van der Waals surface area contributed by atoms with Crippen molar-refractivity contribution >= 4 is 17.5 Å². The zero-order valence-corrected chi connectivity index (χ0v) is 15.8. The topological polar surface area (TPSA) is 71.5 Å². The van der Waals surface area contributed by atoms with Crippen LogP contribution in [-0.4, -0.2) is 41.0 Å². The highest BCUT2D eigenvalue weighted by Crippen LogP contribution is 2.21. The van der Waals surface area contributed by atoms with Gasteiger partial charge in [-0.25, -0.2) is 0 Å². The van der Waals surface area contributed by atoms with Crippen LogP contribution in [0, 0.1) is 6.92 Å². The maximum Gasteiger partial charge on any atom is 0.254 e. The van der Waals surface area contributed by atoms with Crippen molar-refractivity contribution in [2.75, 3.05) is 18.5 Å². The van der Waals surface area contributed by atoms with E-state index in [2.05, 4.69) is 10.3 Å². The lowest BCUT2D eigenvalue weighted by Crippen LogP contribution is -2.37. The van der Waals surface area contributed by atoms with Crippen LogP contribution in [0.2, 0.25) is 0 Å². The highest BCUT2D eigenvalue weighted by Gasteiger charge is 2.24. The summed E-state index contributed by atoms with van der Waals surface area (Å²) in [5.41, 5.74) is 3.09. The number of anilines is 1. The molecule has 142 valence electrons. The lowest BCUT2D eigenvalue weighted by molar-refractivity contribution is -0.114. The molecule has 0 saturated carbocycles. The Balaban J connectivity index is 1.83. The third-order valence-corrected chi connectivity index (χ3v) is 4.63. The van der Waals surface area contributed by atoms with Crippen molar-refractivity contribution in [2.24, 2.45) is 0 Å². The van der Waals surface area contributed by atoms with Crippen LogP contribution in [0.25, 0.3) is 0 Å². The van der Waals surface area contributed by atoms with Crippen molar-refractivity contribution < 1.29 is 14.3 Å². The van der Waals surface area contributed by atoms with Gasteiger partial charge in [-0.05, 0) is 49.1 Å². The summed E-state index contributed by atoms with van der Waals surface area (Å²) in [5.74, 6) is -0.241. The molecule has 1 atom stereocenters. The molecular weight excluding hydrogens is 342 g/mol. The van der Waals surface area contributed by atoms with Crippen molar-refractivity contribution in [3.8, 4) is 0 Å². The van der Waals surface area contributed by atoms with Crippen LogP contribution >= 0.6 is 0 Å². The van der Waals surface area contributed by atoms with Gasteiger partial charge in [-0.3, -0.25) is 14.6 Å². The van der Waals surface area contributed by atoms with E-state index >= 15 is 0 Å². The number of carbonyl (C=O) groups excluding carboxylic acids is 2. The van der Waals surface area contributed by atoms with E-state index in [9.17, 15) is 9.59 Å². The number of carbonyl (C=O) groups is 2. The Labute approximate surface area is 159 Å². The molecule has 1 unspecified atom stereocenters. The minimum atomic E-state index is -0.158. The normalized spacial score (nSPS) is 16.1. The number of amides is 2. The summed E-state index contributed by atoms with van der Waals surface area (Å²) >= 11 is 0. The molecule has 2 heterocycles. The zero-order valence-electron chi connectivity index (χ0n) is 15.8. The highest BCUT2D eigenvalue weighted by molar-refractivity contribution is 5.97. The van der Waals surface area contributed by atoms with E-state index in [0.717, 1.165) is 30.6 Å². The summed E-state index contributed by atoms with van der Waals surface area (Å²) < 4.78 is 5.74. The molecule has 1 fully saturated rings. The van der Waals surface area contributed by atoms with Gasteiger partial charge in [0.2, 0.25) is 5.91 Å². The number of benzene rings is 1. The molecule has 1 saturated heterocycles. The summed E-state index contributed by atoms with van der Waals surface area (Å²) in [7, 11) is 0. The molecule has 1 aliphatic rings. The molecule has 6 heteroatoms. The molecular formula is C21H25N3O3. The minimum absolute atomic E-state index is 0.0610. The van der Waals surface area contributed by atoms with E-state index in [1.54, 1.807) is 29.4 Å². The molecule has 0 bridgehead atoms. The largest absolute Gasteiger partial charge is 0.376 e. The lowest BCUT2D eigenvalue weighted by Gasteiger charge is -2.26. The van der Waals surface area contributed by atoms with Crippen molar-refractivity contribution in [1.29, 1.82) is 0 Å². The molecule has 1 N–H and O–H groups in total. The minimum Gasteiger partial charge on any atom is -0.376 e. The molecule has 1 aromatic carbocycles. The number of pyridine rings is 1. The first kappa shape index (κ1) is 19.0. The van der Waals surface area contributed by atoms with Gasteiger partial charge < -0.3 is 15.0 Å². The van der Waals surface area contributed by atoms with Crippen LogP contribution in [0.3, 0.4) is 0 Å². The fourth-order valence-corrected chi connectivity index (χ4v) is 3.23. The van der Waals surface area contributed by atoms with E-state index in [1.807, 2.05) is 25.1 Å². The summed E-state index contributed by atoms with van der Waals surface area (Å²) in [4.78, 5) is 30.6. The highest BCUT2D eigenvalue weighted by atomic mass is 16.5. The number of hydrogen-bond donors (Lipinski definition) is 1. The Hall–Kier alpha value is -2.73. The van der Waals surface area contributed by atoms with Gasteiger partial charge in [0.05, 0.1) is 6.10 Å². The van der Waals surface area contributed by atoms with E-state index in [0.29, 0.717) is 24.3 Å². The molecule has 0 radical (unpaired) electrons. The van der Waals surface area contributed by atoms with Gasteiger partial charge in [-0.2, -0.15) is 0 Å². The van der Waals surface area contributed by atoms with Gasteiger partial charge in [-0.1, -0.05) is 12.1 Å². The van der Waals surface area contributed by atoms with Gasteiger partial charge in [0.1, 0.15) is 0 Å². The van der Waals surface area contributed by atoms with E-state index in [1.165, 1.54) is 6.92 Å². The van der Waals surface area contributed by atoms with E-state index in [-0.39, 0.29) is 17.9 Å². The number of nitrogens with zero attached hydrogens (tertiary/aromatic N) is 2. The fraction of sp³-hybridized carbons (Fsp3) is 0.381. The second-order valence-corrected chi connectivity index (χ2v) is 6.89. The van der Waals surface area contributed by atoms with Gasteiger partial charge in [0, 0.05) is 50.3 Å². The lowest BCUT2D eigenvalue weighted by atomic mass is 10.1. The van der Waals surface area contributed by atoms with Crippen molar-refractivity contribution in [3.63, 3.8) is 0 Å². The standard InChI is InChI=1S/C21H25N3O3/c1-15-7-8-18(11-20(15)23-16(2)25)21(26)24(14-19-6-4-10-27-19)13-17-5-3-9-22-12-17/h3,5,7-9,11-12,19H,4,6,10,13-14H2,1-2H3,(H,23,25). The third-order valence-electron chi connectivity index (χ3n) is 4.63. The maximum atomic E-state index is 13.2. The molecule has 27 heavy (non-hydrogen) atoms. The third kappa shape index (κ3) is 5.14. The molecule has 3 rings (SSSR count). The number of nitrogens with one attached hydrogen (secondary N) is 1. The van der Waals surface area contributed by atoms with Crippen LogP contribution in [0.1, 0.15) is 41.3 Å². The van der Waals surface area contributed by atoms with Crippen molar-refractivity contribution in [1.82, 2.24) is 9.88 Å². The molecule has 2 aromatic rings. The molecule has 6 nitrogen and oxygen atoms in total. The van der Waals surface area contributed by atoms with Crippen LogP contribution in [0.4, 0.5) is 5.69 Å². The first-order valence-corrected chi connectivity index (χ1v) is 9.21. The predicted molar refractivity (Wildman–Crippen MR) is 103 cm³/mol. The number of rotatable bonds is 6. The van der Waals surface area contributed by atoms with Gasteiger partial charge >= 0.3 is 0 Å². The molecule has 0 aliphatic carbocycles. The summed E-state index contributed by atoms with van der Waals surface area (Å²) in [6, 6.07) is 9.22. The maximum absolute atomic E-state index is 13.2. The monoisotopic (exact) mass is 367 g/mol. The second kappa shape index (κ2) is 8.77. The second-order valence-electron chi connectivity index (χ2n) is 6.89. The molecule has 1 aliphatic heterocycles. The van der Waals surface area contributed by atoms with Crippen molar-refractivity contribution in [2.45, 2.75) is 39.3 Å². The first-order valence-electron chi connectivity index (χ1n) is 9.21. The Morgan fingerprint density at radius 3 is 2.85 bits per heavy atom. The number of aryl methyl sites for hydroxylation is 1. The van der Waals surface area contributed by atoms with Gasteiger partial charge in [0.15, 0.2) is 0 Å². The Bertz CT molecular complexity index is 802. The Kier molecular flexibility index (Phi) is 6.19. The number of ether oxygens (including phenoxy) is 1. The molecule has 0 spiro atoms. The SMILES string of the molecule is CC(=O)Nc1cc(C(=O)N(Cc2cccnc2)CC2CCCO2)ccc1C. The predicted octanol–water partition coefficient (Wildman–Crippen LogP) is 3.17. The number of aromatic nitrogens is 1. The van der Waals surface area contributed by atoms with Crippen molar-refractivity contribution in [3.05, 3.63) is 59.4 Å². The summed E-state index contributed by atoms with van der Waals surface area (Å²) in [5, 5.41) is 2.79. The van der Waals surface area contributed by atoms with E-state index in [4.69, 9.17) is 4.74 Å². The molecule has 2 amide bonds. The number of hydrogen-bond acceptors (Lipinski definition) is 4. The van der Waals surface area contributed by atoms with Crippen LogP contribution in [-0.2, 0) is 16.1 Å². The van der Waals surface area contributed by atoms with Crippen LogP contribution in [0.5, 0.6) is 0 Å². The average molecular weight is 367 g/mol. The first-order chi connectivity index (χ1) is 13.0. The summed E-state index contributed by atoms with van der Waals surface area (Å²) in [6.45, 7) is 5.11. The quantitative estimate of drug-likeness (QED) is 0.851. The Morgan fingerprint density at radius 2 is 2.19 bits per heavy atom. The molecule has 1 aromatic heterocycles. The summed E-state index contributed by atoms with van der Waals surface area (Å²) in [6.07, 6.45) is 5.53. The van der Waals surface area contributed by atoms with Crippen LogP contribution in [0.15, 0.2) is 42.7 Å². The van der Waals surface area contributed by atoms with Gasteiger partial charge in [-0.15, -0.1) is 0 Å². The smallest absolute Gasteiger partial charge is 0.254 e. The average Bonchev–Trinajstić information content (AvgIpc) is 3.16.